The van der Waals surface area contributed by atoms with Crippen molar-refractivity contribution in [1.29, 1.82) is 0 Å². The summed E-state index contributed by atoms with van der Waals surface area (Å²) in [4.78, 5) is 13.5. The predicted molar refractivity (Wildman–Crippen MR) is 73.7 cm³/mol. The van der Waals surface area contributed by atoms with Gasteiger partial charge in [0, 0.05) is 7.05 Å². The number of nitrogens with zero attached hydrogens (tertiary/aromatic N) is 1. The van der Waals surface area contributed by atoms with Gasteiger partial charge in [0.1, 0.15) is 5.76 Å². The normalized spacial score (nSPS) is 10.1. The van der Waals surface area contributed by atoms with Crippen molar-refractivity contribution >= 4 is 5.91 Å². The summed E-state index contributed by atoms with van der Waals surface area (Å²) in [5, 5.41) is 0. The van der Waals surface area contributed by atoms with Gasteiger partial charge in [0.15, 0.2) is 18.1 Å². The van der Waals surface area contributed by atoms with Crippen molar-refractivity contribution in [1.82, 2.24) is 4.90 Å². The molecule has 1 aromatic carbocycles. The van der Waals surface area contributed by atoms with Crippen molar-refractivity contribution in [3.8, 4) is 11.5 Å². The van der Waals surface area contributed by atoms with Gasteiger partial charge in [-0.2, -0.15) is 0 Å². The van der Waals surface area contributed by atoms with Crippen LogP contribution in [0.4, 0.5) is 0 Å². The van der Waals surface area contributed by atoms with Crippen LogP contribution in [0.15, 0.2) is 47.1 Å². The number of likely N-dealkylation sites (N-methyl/N-ethyl adjacent to an activating group) is 1. The zero-order valence-corrected chi connectivity index (χ0v) is 11.5. The number of carbonyl (C=O) groups is 1. The van der Waals surface area contributed by atoms with Crippen LogP contribution in [0.3, 0.4) is 0 Å². The fourth-order valence-electron chi connectivity index (χ4n) is 1.71. The van der Waals surface area contributed by atoms with Gasteiger partial charge in [0.2, 0.25) is 0 Å². The standard InChI is InChI=1S/C15H17NO4/c1-16(10-12-6-5-9-19-12)15(17)11-20-14-8-4-3-7-13(14)18-2/h3-9H,10-11H2,1-2H3. The van der Waals surface area contributed by atoms with Crippen LogP contribution < -0.4 is 9.47 Å². The maximum atomic E-state index is 12.0. The first-order chi connectivity index (χ1) is 9.70. The van der Waals surface area contributed by atoms with E-state index in [0.717, 1.165) is 5.76 Å². The molecule has 2 aromatic rings. The lowest BCUT2D eigenvalue weighted by molar-refractivity contribution is -0.132. The van der Waals surface area contributed by atoms with Gasteiger partial charge in [-0.1, -0.05) is 12.1 Å². The molecule has 0 saturated carbocycles. The summed E-state index contributed by atoms with van der Waals surface area (Å²) in [6.45, 7) is 0.374. The van der Waals surface area contributed by atoms with Gasteiger partial charge in [-0.3, -0.25) is 4.79 Å². The molecule has 0 aliphatic rings. The number of hydrogen-bond donors (Lipinski definition) is 0. The Kier molecular flexibility index (Phi) is 4.65. The Morgan fingerprint density at radius 3 is 2.60 bits per heavy atom. The van der Waals surface area contributed by atoms with E-state index in [1.165, 1.54) is 0 Å². The van der Waals surface area contributed by atoms with E-state index in [-0.39, 0.29) is 12.5 Å². The zero-order valence-electron chi connectivity index (χ0n) is 11.5. The van der Waals surface area contributed by atoms with Crippen molar-refractivity contribution < 1.29 is 18.7 Å². The Bertz CT molecular complexity index is 551. The highest BCUT2D eigenvalue weighted by Gasteiger charge is 2.12. The molecular formula is C15H17NO4. The second-order valence-corrected chi connectivity index (χ2v) is 4.27. The molecule has 0 fully saturated rings. The van der Waals surface area contributed by atoms with Gasteiger partial charge >= 0.3 is 0 Å². The highest BCUT2D eigenvalue weighted by molar-refractivity contribution is 5.77. The zero-order chi connectivity index (χ0) is 14.4. The maximum Gasteiger partial charge on any atom is 0.260 e. The number of para-hydroxylation sites is 2. The monoisotopic (exact) mass is 275 g/mol. The highest BCUT2D eigenvalue weighted by Crippen LogP contribution is 2.25. The van der Waals surface area contributed by atoms with Crippen molar-refractivity contribution in [2.75, 3.05) is 20.8 Å². The molecule has 0 aliphatic carbocycles. The molecule has 1 aromatic heterocycles. The summed E-state index contributed by atoms with van der Waals surface area (Å²) in [5.74, 6) is 1.76. The van der Waals surface area contributed by atoms with Crippen molar-refractivity contribution in [2.45, 2.75) is 6.54 Å². The van der Waals surface area contributed by atoms with Crippen LogP contribution in [0.5, 0.6) is 11.5 Å². The molecule has 0 atom stereocenters. The molecule has 0 aliphatic heterocycles. The number of rotatable bonds is 6. The molecule has 0 radical (unpaired) electrons. The van der Waals surface area contributed by atoms with Crippen LogP contribution in [-0.4, -0.2) is 31.6 Å². The topological polar surface area (TPSA) is 51.9 Å². The molecular weight excluding hydrogens is 258 g/mol. The van der Waals surface area contributed by atoms with Crippen LogP contribution >= 0.6 is 0 Å². The number of carbonyl (C=O) groups excluding carboxylic acids is 1. The van der Waals surface area contributed by atoms with E-state index in [4.69, 9.17) is 13.9 Å². The van der Waals surface area contributed by atoms with E-state index in [1.807, 2.05) is 18.2 Å². The summed E-state index contributed by atoms with van der Waals surface area (Å²) in [5.41, 5.74) is 0. The molecule has 106 valence electrons. The Labute approximate surface area is 117 Å². The Balaban J connectivity index is 1.88. The first kappa shape index (κ1) is 14.0. The summed E-state index contributed by atoms with van der Waals surface area (Å²) >= 11 is 0. The SMILES string of the molecule is COc1ccccc1OCC(=O)N(C)Cc1ccco1. The number of ether oxygens (including phenoxy) is 2. The number of furan rings is 1. The smallest absolute Gasteiger partial charge is 0.260 e. The third-order valence-electron chi connectivity index (χ3n) is 2.82. The number of methoxy groups -OCH3 is 1. The molecule has 0 N–H and O–H groups in total. The van der Waals surface area contributed by atoms with E-state index in [1.54, 1.807) is 43.5 Å². The fourth-order valence-corrected chi connectivity index (χ4v) is 1.71. The third kappa shape index (κ3) is 3.54. The van der Waals surface area contributed by atoms with E-state index in [2.05, 4.69) is 0 Å². The first-order valence-electron chi connectivity index (χ1n) is 6.23. The largest absolute Gasteiger partial charge is 0.493 e. The van der Waals surface area contributed by atoms with Gasteiger partial charge in [0.05, 0.1) is 19.9 Å². The first-order valence-corrected chi connectivity index (χ1v) is 6.23. The average Bonchev–Trinajstić information content (AvgIpc) is 2.97. The van der Waals surface area contributed by atoms with Gasteiger partial charge in [0.25, 0.3) is 5.91 Å². The van der Waals surface area contributed by atoms with Crippen molar-refractivity contribution in [3.05, 3.63) is 48.4 Å². The minimum atomic E-state index is -0.132. The lowest BCUT2D eigenvalue weighted by Gasteiger charge is -2.16. The van der Waals surface area contributed by atoms with Crippen LogP contribution in [0.25, 0.3) is 0 Å². The summed E-state index contributed by atoms with van der Waals surface area (Å²) in [6.07, 6.45) is 1.58. The Hall–Kier alpha value is -2.43. The predicted octanol–water partition coefficient (Wildman–Crippen LogP) is 2.33. The maximum absolute atomic E-state index is 12.0. The molecule has 0 unspecified atom stereocenters. The van der Waals surface area contributed by atoms with E-state index >= 15 is 0 Å². The number of hydrogen-bond acceptors (Lipinski definition) is 4. The van der Waals surface area contributed by atoms with E-state index in [9.17, 15) is 4.79 Å². The van der Waals surface area contributed by atoms with Crippen LogP contribution in [0, 0.1) is 0 Å². The second kappa shape index (κ2) is 6.65. The molecule has 2 rings (SSSR count). The Morgan fingerprint density at radius 1 is 1.20 bits per heavy atom. The molecule has 5 nitrogen and oxygen atoms in total. The van der Waals surface area contributed by atoms with Gasteiger partial charge in [-0.25, -0.2) is 0 Å². The summed E-state index contributed by atoms with van der Waals surface area (Å²) in [7, 11) is 3.27. The van der Waals surface area contributed by atoms with Gasteiger partial charge in [-0.15, -0.1) is 0 Å². The molecule has 0 bridgehead atoms. The Morgan fingerprint density at radius 2 is 1.95 bits per heavy atom. The fraction of sp³-hybridized carbons (Fsp3) is 0.267. The second-order valence-electron chi connectivity index (χ2n) is 4.27. The quantitative estimate of drug-likeness (QED) is 0.812. The molecule has 5 heteroatoms. The molecule has 1 heterocycles. The van der Waals surface area contributed by atoms with Gasteiger partial charge < -0.3 is 18.8 Å². The van der Waals surface area contributed by atoms with Crippen molar-refractivity contribution in [2.24, 2.45) is 0 Å². The average molecular weight is 275 g/mol. The number of amides is 1. The van der Waals surface area contributed by atoms with Gasteiger partial charge in [-0.05, 0) is 24.3 Å². The van der Waals surface area contributed by atoms with Crippen LogP contribution in [0.2, 0.25) is 0 Å². The molecule has 1 amide bonds. The summed E-state index contributed by atoms with van der Waals surface area (Å²) < 4.78 is 15.8. The minimum Gasteiger partial charge on any atom is -0.493 e. The minimum absolute atomic E-state index is 0.0441. The van der Waals surface area contributed by atoms with Crippen LogP contribution in [0.1, 0.15) is 5.76 Å². The molecule has 20 heavy (non-hydrogen) atoms. The molecule has 0 saturated heterocycles. The molecule has 0 spiro atoms. The lowest BCUT2D eigenvalue weighted by Crippen LogP contribution is -2.30. The highest BCUT2D eigenvalue weighted by atomic mass is 16.5. The number of benzene rings is 1. The van der Waals surface area contributed by atoms with E-state index < -0.39 is 0 Å². The lowest BCUT2D eigenvalue weighted by atomic mass is 10.3. The summed E-state index contributed by atoms with van der Waals surface area (Å²) in [6, 6.07) is 10.8. The van der Waals surface area contributed by atoms with E-state index in [0.29, 0.717) is 18.0 Å². The van der Waals surface area contributed by atoms with Crippen LogP contribution in [-0.2, 0) is 11.3 Å². The van der Waals surface area contributed by atoms with Crippen molar-refractivity contribution in [3.63, 3.8) is 0 Å². The third-order valence-corrected chi connectivity index (χ3v) is 2.82.